The highest BCUT2D eigenvalue weighted by Gasteiger charge is 2.53. The molecule has 2 aliphatic rings. The molecule has 0 spiro atoms. The molecule has 2 bridgehead atoms. The Balaban J connectivity index is 1.83. The third-order valence-electron chi connectivity index (χ3n) is 5.51. The van der Waals surface area contributed by atoms with Crippen molar-refractivity contribution >= 4 is 23.2 Å². The predicted molar refractivity (Wildman–Crippen MR) is 107 cm³/mol. The van der Waals surface area contributed by atoms with E-state index in [4.69, 9.17) is 4.74 Å². The molecule has 0 unspecified atom stereocenters. The van der Waals surface area contributed by atoms with Crippen molar-refractivity contribution in [3.63, 3.8) is 0 Å². The van der Waals surface area contributed by atoms with Crippen molar-refractivity contribution < 1.29 is 13.9 Å². The molecule has 0 fully saturated rings. The third-order valence-corrected chi connectivity index (χ3v) is 6.49. The number of thiazole rings is 1. The van der Waals surface area contributed by atoms with Gasteiger partial charge >= 0.3 is 0 Å². The molecule has 0 saturated heterocycles. The van der Waals surface area contributed by atoms with Gasteiger partial charge in [-0.15, -0.1) is 0 Å². The van der Waals surface area contributed by atoms with Gasteiger partial charge in [-0.2, -0.15) is 0 Å². The van der Waals surface area contributed by atoms with Crippen molar-refractivity contribution in [3.8, 4) is 5.75 Å². The highest BCUT2D eigenvalue weighted by atomic mass is 32.1. The van der Waals surface area contributed by atoms with Crippen molar-refractivity contribution in [2.45, 2.75) is 25.6 Å². The number of rotatable bonds is 2. The van der Waals surface area contributed by atoms with Crippen molar-refractivity contribution in [2.75, 3.05) is 0 Å². The van der Waals surface area contributed by atoms with E-state index in [9.17, 15) is 14.0 Å². The van der Waals surface area contributed by atoms with Crippen LogP contribution in [0, 0.1) is 11.7 Å². The number of para-hydroxylation sites is 1. The van der Waals surface area contributed by atoms with Crippen molar-refractivity contribution in [1.82, 2.24) is 4.57 Å². The molecule has 5 rings (SSSR count). The van der Waals surface area contributed by atoms with Gasteiger partial charge in [0.2, 0.25) is 5.72 Å². The lowest BCUT2D eigenvalue weighted by molar-refractivity contribution is -0.132. The highest BCUT2D eigenvalue weighted by molar-refractivity contribution is 7.07. The second kappa shape index (κ2) is 6.22. The zero-order valence-electron chi connectivity index (χ0n) is 15.8. The minimum atomic E-state index is -1.10. The number of fused-ring (bicyclic) bond motifs is 6. The monoisotopic (exact) mass is 408 g/mol. The molecule has 2 aromatic carbocycles. The molecule has 2 aliphatic heterocycles. The summed E-state index contributed by atoms with van der Waals surface area (Å²) in [7, 11) is 0. The van der Waals surface area contributed by atoms with E-state index in [0.29, 0.717) is 20.6 Å². The van der Waals surface area contributed by atoms with Gasteiger partial charge in [0.05, 0.1) is 10.6 Å². The minimum Gasteiger partial charge on any atom is -0.465 e. The molecule has 146 valence electrons. The van der Waals surface area contributed by atoms with E-state index in [-0.39, 0.29) is 11.3 Å². The maximum atomic E-state index is 14.1. The Kier molecular flexibility index (Phi) is 3.86. The zero-order chi connectivity index (χ0) is 20.3. The molecular weight excluding hydrogens is 391 g/mol. The Labute approximate surface area is 169 Å². The first-order valence-corrected chi connectivity index (χ1v) is 10.1. The molecule has 3 heterocycles. The normalized spacial score (nSPS) is 24.9. The van der Waals surface area contributed by atoms with Gasteiger partial charge in [-0.3, -0.25) is 14.2 Å². The van der Waals surface area contributed by atoms with Gasteiger partial charge in [-0.05, 0) is 32.1 Å². The number of aromatic nitrogens is 1. The molecule has 0 amide bonds. The summed E-state index contributed by atoms with van der Waals surface area (Å²) in [4.78, 5) is 31.0. The van der Waals surface area contributed by atoms with E-state index < -0.39 is 23.5 Å². The SMILES string of the molecule is CC(=O)[C@H]1[C@H]2c3ccccc3O[C@@]1(C)N=c1s/c(=C\c3ccccc3F)c(=O)n12. The number of ether oxygens (including phenoxy) is 1. The van der Waals surface area contributed by atoms with Gasteiger partial charge < -0.3 is 4.74 Å². The van der Waals surface area contributed by atoms with Crippen LogP contribution in [-0.2, 0) is 4.79 Å². The summed E-state index contributed by atoms with van der Waals surface area (Å²) in [5, 5.41) is 0. The first kappa shape index (κ1) is 18.0. The molecule has 29 heavy (non-hydrogen) atoms. The van der Waals surface area contributed by atoms with Crippen molar-refractivity contribution in [1.29, 1.82) is 0 Å². The number of ketones is 1. The van der Waals surface area contributed by atoms with Gasteiger partial charge in [-0.25, -0.2) is 9.38 Å². The second-order valence-electron chi connectivity index (χ2n) is 7.43. The van der Waals surface area contributed by atoms with Gasteiger partial charge in [0.1, 0.15) is 23.3 Å². The number of nitrogens with zero attached hydrogens (tertiary/aromatic N) is 2. The Hall–Kier alpha value is -3.06. The lowest BCUT2D eigenvalue weighted by Gasteiger charge is -2.45. The van der Waals surface area contributed by atoms with E-state index in [0.717, 1.165) is 5.56 Å². The van der Waals surface area contributed by atoms with Gasteiger partial charge in [-0.1, -0.05) is 47.7 Å². The minimum absolute atomic E-state index is 0.0980. The van der Waals surface area contributed by atoms with E-state index in [1.807, 2.05) is 24.3 Å². The Morgan fingerprint density at radius 1 is 1.24 bits per heavy atom. The van der Waals surface area contributed by atoms with Crippen LogP contribution in [0.25, 0.3) is 6.08 Å². The molecular formula is C22H17FN2O3S. The van der Waals surface area contributed by atoms with Crippen molar-refractivity contribution in [2.24, 2.45) is 10.9 Å². The van der Waals surface area contributed by atoms with E-state index in [1.54, 1.807) is 29.7 Å². The third kappa shape index (κ3) is 2.61. The fourth-order valence-corrected chi connectivity index (χ4v) is 5.38. The molecule has 0 aliphatic carbocycles. The van der Waals surface area contributed by atoms with Crippen LogP contribution in [0.4, 0.5) is 4.39 Å². The van der Waals surface area contributed by atoms with Crippen LogP contribution in [0.3, 0.4) is 0 Å². The number of carbonyl (C=O) groups excluding carboxylic acids is 1. The summed E-state index contributed by atoms with van der Waals surface area (Å²) >= 11 is 1.18. The molecule has 3 aromatic rings. The summed E-state index contributed by atoms with van der Waals surface area (Å²) in [6.45, 7) is 3.27. The number of hydrogen-bond acceptors (Lipinski definition) is 5. The summed E-state index contributed by atoms with van der Waals surface area (Å²) in [5.74, 6) is -0.511. The Morgan fingerprint density at radius 2 is 1.97 bits per heavy atom. The zero-order valence-corrected chi connectivity index (χ0v) is 16.6. The quantitative estimate of drug-likeness (QED) is 0.654. The average Bonchev–Trinajstić information content (AvgIpc) is 2.96. The summed E-state index contributed by atoms with van der Waals surface area (Å²) in [6.07, 6.45) is 1.53. The number of carbonyl (C=O) groups is 1. The Morgan fingerprint density at radius 3 is 2.72 bits per heavy atom. The molecule has 7 heteroatoms. The molecule has 0 saturated carbocycles. The lowest BCUT2D eigenvalue weighted by Crippen LogP contribution is -2.58. The topological polar surface area (TPSA) is 60.7 Å². The summed E-state index contributed by atoms with van der Waals surface area (Å²) < 4.78 is 22.2. The van der Waals surface area contributed by atoms with Crippen LogP contribution in [0.5, 0.6) is 5.75 Å². The first-order chi connectivity index (χ1) is 13.9. The number of benzene rings is 2. The standard InChI is InChI=1S/C22H17FN2O3S/c1-12(26)18-19-14-8-4-6-10-16(14)28-22(18,2)24-21-25(19)20(27)17(29-21)11-13-7-3-5-9-15(13)23/h3-11,18-19H,1-2H3/b17-11-/t18-,19+,22+/m0/s1. The van der Waals surface area contributed by atoms with Crippen LogP contribution in [-0.4, -0.2) is 16.1 Å². The Bertz CT molecular complexity index is 1340. The summed E-state index contributed by atoms with van der Waals surface area (Å²) in [6, 6.07) is 13.2. The second-order valence-corrected chi connectivity index (χ2v) is 8.44. The van der Waals surface area contributed by atoms with Gasteiger partial charge in [0.25, 0.3) is 5.56 Å². The van der Waals surface area contributed by atoms with E-state index >= 15 is 0 Å². The fraction of sp³-hybridized carbons (Fsp3) is 0.227. The molecule has 1 aromatic heterocycles. The smallest absolute Gasteiger partial charge is 0.270 e. The maximum Gasteiger partial charge on any atom is 0.270 e. The van der Waals surface area contributed by atoms with Crippen LogP contribution >= 0.6 is 11.3 Å². The van der Waals surface area contributed by atoms with Crippen LogP contribution in [0.2, 0.25) is 0 Å². The molecule has 3 atom stereocenters. The van der Waals surface area contributed by atoms with Gasteiger partial charge in [0.15, 0.2) is 4.80 Å². The van der Waals surface area contributed by atoms with E-state index in [1.165, 1.54) is 30.4 Å². The van der Waals surface area contributed by atoms with Crippen LogP contribution < -0.4 is 19.6 Å². The lowest BCUT2D eigenvalue weighted by atomic mass is 9.79. The average molecular weight is 408 g/mol. The summed E-state index contributed by atoms with van der Waals surface area (Å²) in [5.41, 5.74) is -0.277. The van der Waals surface area contributed by atoms with Crippen LogP contribution in [0.15, 0.2) is 58.3 Å². The predicted octanol–water partition coefficient (Wildman–Crippen LogP) is 2.41. The number of Topliss-reactive ketones (excluding diaryl/α,β-unsaturated/α-hetero) is 1. The molecule has 0 radical (unpaired) electrons. The maximum absolute atomic E-state index is 14.1. The fourth-order valence-electron chi connectivity index (χ4n) is 4.29. The molecule has 0 N–H and O–H groups in total. The van der Waals surface area contributed by atoms with E-state index in [2.05, 4.69) is 4.99 Å². The van der Waals surface area contributed by atoms with Crippen molar-refractivity contribution in [3.05, 3.63) is 85.2 Å². The largest absolute Gasteiger partial charge is 0.465 e. The first-order valence-electron chi connectivity index (χ1n) is 9.25. The number of halogens is 1. The van der Waals surface area contributed by atoms with Crippen LogP contribution in [0.1, 0.15) is 31.0 Å². The number of hydrogen-bond donors (Lipinski definition) is 0. The highest BCUT2D eigenvalue weighted by Crippen LogP contribution is 2.47. The van der Waals surface area contributed by atoms with Gasteiger partial charge in [0, 0.05) is 11.1 Å². The molecule has 5 nitrogen and oxygen atoms in total.